The van der Waals surface area contributed by atoms with Gasteiger partial charge in [-0.25, -0.2) is 0 Å². The summed E-state index contributed by atoms with van der Waals surface area (Å²) >= 11 is 0. The quantitative estimate of drug-likeness (QED) is 0.860. The number of hydrogen-bond donors (Lipinski definition) is 1. The maximum atomic E-state index is 12.7. The minimum atomic E-state index is -0.761. The van der Waals surface area contributed by atoms with Crippen molar-refractivity contribution in [1.29, 1.82) is 0 Å². The van der Waals surface area contributed by atoms with Crippen molar-refractivity contribution in [2.24, 2.45) is 5.92 Å². The molecule has 0 radical (unpaired) electrons. The van der Waals surface area contributed by atoms with Crippen molar-refractivity contribution < 1.29 is 9.59 Å². The van der Waals surface area contributed by atoms with E-state index in [0.29, 0.717) is 12.5 Å². The molecule has 0 bridgehead atoms. The zero-order valence-corrected chi connectivity index (χ0v) is 13.3. The summed E-state index contributed by atoms with van der Waals surface area (Å²) in [4.78, 5) is 27.2. The minimum absolute atomic E-state index is 0.0594. The molecule has 114 valence electrons. The summed E-state index contributed by atoms with van der Waals surface area (Å²) in [6, 6.07) is 0. The second-order valence-electron chi connectivity index (χ2n) is 7.31. The number of nitrogens with zero attached hydrogens (tertiary/aromatic N) is 1. The van der Waals surface area contributed by atoms with Crippen LogP contribution in [-0.2, 0) is 9.59 Å². The Kier molecular flexibility index (Phi) is 4.12. The molecule has 1 saturated heterocycles. The first-order valence-corrected chi connectivity index (χ1v) is 7.94. The SMILES string of the molecule is CC(C)CCCN1C(=O)C(C)(C)NC(=O)C12CCCC2. The fraction of sp³-hybridized carbons (Fsp3) is 0.875. The number of carbonyl (C=O) groups excluding carboxylic acids is 2. The summed E-state index contributed by atoms with van der Waals surface area (Å²) in [5.74, 6) is 0.781. The summed E-state index contributed by atoms with van der Waals surface area (Å²) in [5.41, 5.74) is -1.31. The maximum Gasteiger partial charge on any atom is 0.248 e. The average Bonchev–Trinajstić information content (AvgIpc) is 2.81. The molecule has 2 amide bonds. The molecule has 4 nitrogen and oxygen atoms in total. The Labute approximate surface area is 122 Å². The van der Waals surface area contributed by atoms with E-state index in [1.54, 1.807) is 0 Å². The zero-order chi connectivity index (χ0) is 15.0. The van der Waals surface area contributed by atoms with Crippen LogP contribution in [0, 0.1) is 5.92 Å². The largest absolute Gasteiger partial charge is 0.340 e. The van der Waals surface area contributed by atoms with Gasteiger partial charge in [-0.15, -0.1) is 0 Å². The van der Waals surface area contributed by atoms with Gasteiger partial charge >= 0.3 is 0 Å². The number of nitrogens with one attached hydrogen (secondary N) is 1. The Balaban J connectivity index is 2.20. The zero-order valence-electron chi connectivity index (χ0n) is 13.3. The monoisotopic (exact) mass is 280 g/mol. The number of rotatable bonds is 4. The highest BCUT2D eigenvalue weighted by Gasteiger charge is 2.55. The molecule has 2 rings (SSSR count). The predicted molar refractivity (Wildman–Crippen MR) is 79.2 cm³/mol. The van der Waals surface area contributed by atoms with Gasteiger partial charge in [-0.2, -0.15) is 0 Å². The van der Waals surface area contributed by atoms with Crippen molar-refractivity contribution in [3.63, 3.8) is 0 Å². The average molecular weight is 280 g/mol. The third kappa shape index (κ3) is 2.57. The van der Waals surface area contributed by atoms with Crippen LogP contribution in [0.1, 0.15) is 66.2 Å². The van der Waals surface area contributed by atoms with Gasteiger partial charge in [0.1, 0.15) is 11.1 Å². The molecule has 0 aromatic carbocycles. The standard InChI is InChI=1S/C16H28N2O2/c1-12(2)8-7-11-18-14(20)15(3,4)17-13(19)16(18)9-5-6-10-16/h12H,5-11H2,1-4H3,(H,17,19). The van der Waals surface area contributed by atoms with Crippen LogP contribution in [0.5, 0.6) is 0 Å². The molecule has 1 heterocycles. The molecular formula is C16H28N2O2. The lowest BCUT2D eigenvalue weighted by molar-refractivity contribution is -0.161. The van der Waals surface area contributed by atoms with Crippen LogP contribution in [0.2, 0.25) is 0 Å². The topological polar surface area (TPSA) is 49.4 Å². The summed E-state index contributed by atoms with van der Waals surface area (Å²) < 4.78 is 0. The number of hydrogen-bond acceptors (Lipinski definition) is 2. The summed E-state index contributed by atoms with van der Waals surface area (Å²) in [5, 5.41) is 2.94. The fourth-order valence-electron chi connectivity index (χ4n) is 3.54. The second kappa shape index (κ2) is 5.38. The molecule has 0 atom stereocenters. The van der Waals surface area contributed by atoms with Crippen LogP contribution in [0.25, 0.3) is 0 Å². The third-order valence-corrected chi connectivity index (χ3v) is 4.74. The molecule has 0 unspecified atom stereocenters. The van der Waals surface area contributed by atoms with Crippen LogP contribution >= 0.6 is 0 Å². The van der Waals surface area contributed by atoms with Crippen LogP contribution in [0.3, 0.4) is 0 Å². The molecule has 1 spiro atoms. The first-order chi connectivity index (χ1) is 9.29. The first-order valence-electron chi connectivity index (χ1n) is 7.94. The van der Waals surface area contributed by atoms with E-state index in [4.69, 9.17) is 0 Å². The van der Waals surface area contributed by atoms with Crippen molar-refractivity contribution in [2.75, 3.05) is 6.54 Å². The lowest BCUT2D eigenvalue weighted by Gasteiger charge is -2.49. The van der Waals surface area contributed by atoms with E-state index in [1.807, 2.05) is 18.7 Å². The van der Waals surface area contributed by atoms with Crippen molar-refractivity contribution in [3.05, 3.63) is 0 Å². The van der Waals surface area contributed by atoms with Crippen molar-refractivity contribution >= 4 is 11.8 Å². The van der Waals surface area contributed by atoms with E-state index >= 15 is 0 Å². The minimum Gasteiger partial charge on any atom is -0.340 e. The van der Waals surface area contributed by atoms with Gasteiger partial charge in [0.15, 0.2) is 0 Å². The van der Waals surface area contributed by atoms with Gasteiger partial charge in [0.2, 0.25) is 11.8 Å². The van der Waals surface area contributed by atoms with Gasteiger partial charge in [-0.05, 0) is 45.4 Å². The van der Waals surface area contributed by atoms with Gasteiger partial charge in [-0.3, -0.25) is 9.59 Å². The normalized spacial score (nSPS) is 24.6. The Morgan fingerprint density at radius 1 is 1.20 bits per heavy atom. The van der Waals surface area contributed by atoms with Crippen molar-refractivity contribution in [1.82, 2.24) is 10.2 Å². The Morgan fingerprint density at radius 3 is 2.35 bits per heavy atom. The molecule has 20 heavy (non-hydrogen) atoms. The van der Waals surface area contributed by atoms with Gasteiger partial charge < -0.3 is 10.2 Å². The molecule has 2 aliphatic rings. The fourth-order valence-corrected chi connectivity index (χ4v) is 3.54. The van der Waals surface area contributed by atoms with Crippen LogP contribution in [-0.4, -0.2) is 34.3 Å². The number of amides is 2. The van der Waals surface area contributed by atoms with Gasteiger partial charge in [0, 0.05) is 6.54 Å². The lowest BCUT2D eigenvalue weighted by Crippen LogP contribution is -2.73. The summed E-state index contributed by atoms with van der Waals surface area (Å²) in [7, 11) is 0. The van der Waals surface area contributed by atoms with E-state index < -0.39 is 11.1 Å². The van der Waals surface area contributed by atoms with Crippen LogP contribution in [0.15, 0.2) is 0 Å². The first kappa shape index (κ1) is 15.3. The summed E-state index contributed by atoms with van der Waals surface area (Å²) in [6.45, 7) is 8.73. The summed E-state index contributed by atoms with van der Waals surface area (Å²) in [6.07, 6.45) is 5.81. The third-order valence-electron chi connectivity index (χ3n) is 4.74. The van der Waals surface area contributed by atoms with Crippen LogP contribution in [0.4, 0.5) is 0 Å². The van der Waals surface area contributed by atoms with Gasteiger partial charge in [0.05, 0.1) is 0 Å². The molecule has 1 aliphatic heterocycles. The van der Waals surface area contributed by atoms with E-state index in [1.165, 1.54) is 0 Å². The Hall–Kier alpha value is -1.06. The number of carbonyl (C=O) groups is 2. The Morgan fingerprint density at radius 2 is 1.80 bits per heavy atom. The molecule has 0 aromatic heterocycles. The molecule has 0 aromatic rings. The predicted octanol–water partition coefficient (Wildman–Crippen LogP) is 2.47. The molecule has 1 saturated carbocycles. The highest BCUT2D eigenvalue weighted by molar-refractivity contribution is 6.02. The molecule has 2 fully saturated rings. The molecular weight excluding hydrogens is 252 g/mol. The van der Waals surface area contributed by atoms with E-state index in [-0.39, 0.29) is 11.8 Å². The van der Waals surface area contributed by atoms with Gasteiger partial charge in [0.25, 0.3) is 0 Å². The van der Waals surface area contributed by atoms with E-state index in [9.17, 15) is 9.59 Å². The maximum absolute atomic E-state index is 12.7. The van der Waals surface area contributed by atoms with E-state index in [0.717, 1.165) is 38.5 Å². The van der Waals surface area contributed by atoms with Crippen molar-refractivity contribution in [2.45, 2.75) is 77.3 Å². The second-order valence-corrected chi connectivity index (χ2v) is 7.31. The van der Waals surface area contributed by atoms with Gasteiger partial charge in [-0.1, -0.05) is 26.7 Å². The Bertz CT molecular complexity index is 395. The van der Waals surface area contributed by atoms with Crippen LogP contribution < -0.4 is 5.32 Å². The smallest absolute Gasteiger partial charge is 0.248 e. The molecule has 4 heteroatoms. The molecule has 1 N–H and O–H groups in total. The molecule has 1 aliphatic carbocycles. The highest BCUT2D eigenvalue weighted by atomic mass is 16.2. The van der Waals surface area contributed by atoms with E-state index in [2.05, 4.69) is 19.2 Å². The van der Waals surface area contributed by atoms with Crippen molar-refractivity contribution in [3.8, 4) is 0 Å². The number of piperazine rings is 1. The highest BCUT2D eigenvalue weighted by Crippen LogP contribution is 2.40. The lowest BCUT2D eigenvalue weighted by atomic mass is 9.85.